The number of benzene rings is 2. The van der Waals surface area contributed by atoms with Gasteiger partial charge in [-0.05, 0) is 139 Å². The van der Waals surface area contributed by atoms with Gasteiger partial charge in [-0.1, -0.05) is 214 Å². The Kier molecular flexibility index (Phi) is 26.9. The van der Waals surface area contributed by atoms with Crippen LogP contribution in [-0.2, 0) is 0 Å². The normalized spacial score (nSPS) is 12.6. The zero-order valence-corrected chi connectivity index (χ0v) is 58.4. The highest BCUT2D eigenvalue weighted by Crippen LogP contribution is 2.44. The van der Waals surface area contributed by atoms with Crippen LogP contribution in [0.3, 0.4) is 0 Å². The molecule has 78 heavy (non-hydrogen) atoms. The van der Waals surface area contributed by atoms with Crippen molar-refractivity contribution in [2.75, 3.05) is 38.0 Å². The number of rotatable bonds is 14. The van der Waals surface area contributed by atoms with Crippen LogP contribution in [0, 0.1) is 93.2 Å². The van der Waals surface area contributed by atoms with E-state index in [-0.39, 0.29) is 0 Å². The van der Waals surface area contributed by atoms with Crippen LogP contribution < -0.4 is 9.80 Å². The molecule has 0 fully saturated rings. The largest absolute Gasteiger partial charge is 0.378 e. The summed E-state index contributed by atoms with van der Waals surface area (Å²) in [6, 6.07) is 16.8. The summed E-state index contributed by atoms with van der Waals surface area (Å²) in [5, 5.41) is 0. The molecule has 418 valence electrons. The van der Waals surface area contributed by atoms with Gasteiger partial charge in [0.25, 0.3) is 0 Å². The van der Waals surface area contributed by atoms with Crippen molar-refractivity contribution in [3.63, 3.8) is 0 Å². The molecule has 0 N–H and O–H groups in total. The van der Waals surface area contributed by atoms with Crippen LogP contribution in [0.15, 0.2) is 70.8 Å². The number of hydrogen-bond acceptors (Lipinski definition) is 2. The standard InChI is InChI=1S/C72H104N2Si4/c1-53(2)75(54(3)4,55(5)6)49-45-67(69(39-33-65-35-41-71(42-36-65)73(25)26)47-51-77(59(13)14,60(15)16)61(17)18)31-29-30-32-68(46-50-76(56(7)8,57(9)10)58(11)12)70(40-34-66-37-43-72(44-38-66)74(27)28)48-52-78(62(19)20,63(21)22)64(23)24/h35-38,41-44,53-64H,1-28H3/b69-67+,70-68+. The second-order valence-corrected chi connectivity index (χ2v) is 48.3. The lowest BCUT2D eigenvalue weighted by Crippen LogP contribution is -2.43. The number of anilines is 2. The molecule has 0 spiro atoms. The van der Waals surface area contributed by atoms with Crippen LogP contribution in [0.1, 0.15) is 177 Å². The lowest BCUT2D eigenvalue weighted by atomic mass is 10.1. The molecule has 2 aromatic carbocycles. The lowest BCUT2D eigenvalue weighted by Gasteiger charge is -2.38. The molecule has 0 heterocycles. The summed E-state index contributed by atoms with van der Waals surface area (Å²) in [4.78, 5) is 4.21. The molecule has 2 nitrogen and oxygen atoms in total. The highest BCUT2D eigenvalue weighted by Gasteiger charge is 2.45. The van der Waals surface area contributed by atoms with Crippen molar-refractivity contribution in [2.24, 2.45) is 0 Å². The second-order valence-electron chi connectivity index (χ2n) is 26.0. The van der Waals surface area contributed by atoms with E-state index in [9.17, 15) is 0 Å². The van der Waals surface area contributed by atoms with Gasteiger partial charge in [0.2, 0.25) is 0 Å². The lowest BCUT2D eigenvalue weighted by molar-refractivity contribution is 0.838. The summed E-state index contributed by atoms with van der Waals surface area (Å²) >= 11 is 0. The van der Waals surface area contributed by atoms with Crippen molar-refractivity contribution in [2.45, 2.75) is 233 Å². The van der Waals surface area contributed by atoms with Gasteiger partial charge in [-0.2, -0.15) is 0 Å². The molecule has 0 aliphatic carbocycles. The molecule has 0 saturated heterocycles. The smallest absolute Gasteiger partial charge is 0.146 e. The van der Waals surface area contributed by atoms with Gasteiger partial charge in [0, 0.05) is 50.7 Å². The van der Waals surface area contributed by atoms with E-state index >= 15 is 0 Å². The first kappa shape index (κ1) is 69.0. The van der Waals surface area contributed by atoms with E-state index < -0.39 is 32.3 Å². The minimum atomic E-state index is -2.23. The number of hydrogen-bond donors (Lipinski definition) is 0. The van der Waals surface area contributed by atoms with Gasteiger partial charge in [0.05, 0.1) is 22.3 Å². The van der Waals surface area contributed by atoms with Crippen molar-refractivity contribution in [3.8, 4) is 93.2 Å². The zero-order chi connectivity index (χ0) is 59.7. The molecule has 0 bridgehead atoms. The van der Waals surface area contributed by atoms with E-state index in [0.717, 1.165) is 22.5 Å². The molecule has 0 aliphatic heterocycles. The summed E-state index contributed by atoms with van der Waals surface area (Å²) in [7, 11) is -0.637. The molecule has 0 radical (unpaired) electrons. The first-order chi connectivity index (χ1) is 36.2. The Morgan fingerprint density at radius 2 is 0.449 bits per heavy atom. The minimum Gasteiger partial charge on any atom is -0.378 e. The van der Waals surface area contributed by atoms with E-state index in [0.29, 0.717) is 88.8 Å². The van der Waals surface area contributed by atoms with Crippen molar-refractivity contribution in [3.05, 3.63) is 82.0 Å². The maximum atomic E-state index is 4.02. The molecule has 0 amide bonds. The molecule has 0 unspecified atom stereocenters. The molecular formula is C72H104N2Si4. The average Bonchev–Trinajstić information content (AvgIpc) is 3.33. The summed E-state index contributed by atoms with van der Waals surface area (Å²) < 4.78 is 0. The molecule has 6 heteroatoms. The van der Waals surface area contributed by atoms with Crippen LogP contribution >= 0.6 is 0 Å². The van der Waals surface area contributed by atoms with Gasteiger partial charge in [0.15, 0.2) is 0 Å². The Morgan fingerprint density at radius 1 is 0.269 bits per heavy atom. The van der Waals surface area contributed by atoms with Gasteiger partial charge in [0.1, 0.15) is 32.3 Å². The van der Waals surface area contributed by atoms with Gasteiger partial charge in [-0.3, -0.25) is 0 Å². The van der Waals surface area contributed by atoms with Gasteiger partial charge >= 0.3 is 0 Å². The summed E-state index contributed by atoms with van der Waals surface area (Å²) in [6.45, 7) is 56.6. The van der Waals surface area contributed by atoms with E-state index in [1.54, 1.807) is 0 Å². The molecular weight excluding hydrogens is 1010 g/mol. The van der Waals surface area contributed by atoms with Gasteiger partial charge in [-0.25, -0.2) is 0 Å². The molecule has 0 aromatic heterocycles. The number of allylic oxidation sites excluding steroid dienone is 4. The summed E-state index contributed by atoms with van der Waals surface area (Å²) in [5.74, 6) is 43.2. The Bertz CT molecular complexity index is 2630. The zero-order valence-electron chi connectivity index (χ0n) is 54.4. The highest BCUT2D eigenvalue weighted by molar-refractivity contribution is 6.92. The molecule has 2 aromatic rings. The minimum absolute atomic E-state index is 0.428. The predicted molar refractivity (Wildman–Crippen MR) is 360 cm³/mol. The van der Waals surface area contributed by atoms with Crippen molar-refractivity contribution in [1.82, 2.24) is 0 Å². The van der Waals surface area contributed by atoms with E-state index in [1.165, 1.54) is 0 Å². The van der Waals surface area contributed by atoms with Gasteiger partial charge in [-0.15, -0.1) is 22.2 Å². The van der Waals surface area contributed by atoms with Crippen LogP contribution in [0.25, 0.3) is 0 Å². The first-order valence-electron chi connectivity index (χ1n) is 29.4. The third-order valence-corrected chi connectivity index (χ3v) is 42.6. The summed E-state index contributed by atoms with van der Waals surface area (Å²) in [6.07, 6.45) is 0. The van der Waals surface area contributed by atoms with Crippen LogP contribution in [-0.4, -0.2) is 60.5 Å². The maximum absolute atomic E-state index is 4.02. The van der Waals surface area contributed by atoms with Crippen molar-refractivity contribution < 1.29 is 0 Å². The Hall–Kier alpha value is -5.13. The highest BCUT2D eigenvalue weighted by atomic mass is 28.3. The Labute approximate surface area is 486 Å². The SMILES string of the molecule is CC(C)[Si](C#C/C(C#CC#C/C(C#C[Si](C(C)C)(C(C)C)C(C)C)=C(/C#Cc1ccc(N(C)C)cc1)C#C[Si](C(C)C)(C(C)C)C(C)C)=C(\C#Cc1ccc(N(C)C)cc1)C#C[Si](C(C)C)(C(C)C)C(C)C)(C(C)C)C(C)C. The predicted octanol–water partition coefficient (Wildman–Crippen LogP) is 18.7. The van der Waals surface area contributed by atoms with E-state index in [4.69, 9.17) is 0 Å². The van der Waals surface area contributed by atoms with E-state index in [2.05, 4.69) is 346 Å². The Morgan fingerprint density at radius 3 is 0.615 bits per heavy atom. The van der Waals surface area contributed by atoms with Crippen LogP contribution in [0.4, 0.5) is 11.4 Å². The van der Waals surface area contributed by atoms with Crippen LogP contribution in [0.2, 0.25) is 66.5 Å². The first-order valence-corrected chi connectivity index (χ1v) is 38.4. The fourth-order valence-corrected chi connectivity index (χ4v) is 34.0. The van der Waals surface area contributed by atoms with E-state index in [1.807, 2.05) is 0 Å². The topological polar surface area (TPSA) is 6.48 Å². The van der Waals surface area contributed by atoms with Crippen LogP contribution in [0.5, 0.6) is 0 Å². The third kappa shape index (κ3) is 16.7. The average molecular weight is 1110 g/mol. The maximum Gasteiger partial charge on any atom is 0.146 e. The monoisotopic (exact) mass is 1110 g/mol. The van der Waals surface area contributed by atoms with Crippen molar-refractivity contribution in [1.29, 1.82) is 0 Å². The molecule has 0 aliphatic rings. The third-order valence-electron chi connectivity index (χ3n) is 17.4. The summed E-state index contributed by atoms with van der Waals surface area (Å²) in [5.41, 5.74) is 27.9. The van der Waals surface area contributed by atoms with Gasteiger partial charge < -0.3 is 9.80 Å². The molecule has 0 atom stereocenters. The number of nitrogens with zero attached hydrogens (tertiary/aromatic N) is 2. The quantitative estimate of drug-likeness (QED) is 0.137. The van der Waals surface area contributed by atoms with Crippen molar-refractivity contribution >= 4 is 43.7 Å². The fraction of sp³-hybridized carbons (Fsp3) is 0.556. The second kappa shape index (κ2) is 30.5. The fourth-order valence-electron chi connectivity index (χ4n) is 13.2. The Balaban J connectivity index is 3.65. The molecule has 2 rings (SSSR count). The molecule has 0 saturated carbocycles.